The van der Waals surface area contributed by atoms with Gasteiger partial charge in [-0.2, -0.15) is 11.8 Å². The van der Waals surface area contributed by atoms with Crippen LogP contribution in [0.4, 0.5) is 11.4 Å². The molecule has 1 aliphatic rings. The molecule has 5 nitrogen and oxygen atoms in total. The number of nitrogens with one attached hydrogen (secondary N) is 1. The second kappa shape index (κ2) is 6.68. The summed E-state index contributed by atoms with van der Waals surface area (Å²) in [7, 11) is 0. The second-order valence-corrected chi connectivity index (χ2v) is 5.78. The summed E-state index contributed by atoms with van der Waals surface area (Å²) in [5.74, 6) is 2.22. The number of hydrogen-bond acceptors (Lipinski definition) is 5. The third kappa shape index (κ3) is 4.04. The van der Waals surface area contributed by atoms with Gasteiger partial charge in [0.1, 0.15) is 0 Å². The first-order valence-electron chi connectivity index (χ1n) is 6.40. The maximum absolute atomic E-state index is 12.0. The zero-order chi connectivity index (χ0) is 13.7. The molecule has 0 spiro atoms. The van der Waals surface area contributed by atoms with E-state index in [0.29, 0.717) is 23.5 Å². The van der Waals surface area contributed by atoms with Gasteiger partial charge in [-0.3, -0.25) is 9.69 Å². The molecule has 1 heterocycles. The van der Waals surface area contributed by atoms with Crippen LogP contribution in [0.5, 0.6) is 0 Å². The van der Waals surface area contributed by atoms with E-state index in [4.69, 9.17) is 11.5 Å². The number of anilines is 2. The van der Waals surface area contributed by atoms with Gasteiger partial charge in [0.2, 0.25) is 0 Å². The largest absolute Gasteiger partial charge is 0.399 e. The third-order valence-electron chi connectivity index (χ3n) is 3.14. The van der Waals surface area contributed by atoms with Crippen LogP contribution in [-0.2, 0) is 0 Å². The Morgan fingerprint density at radius 2 is 2.05 bits per heavy atom. The van der Waals surface area contributed by atoms with E-state index >= 15 is 0 Å². The quantitative estimate of drug-likeness (QED) is 0.705. The zero-order valence-corrected chi connectivity index (χ0v) is 11.7. The molecule has 0 aliphatic carbocycles. The van der Waals surface area contributed by atoms with Gasteiger partial charge in [-0.15, -0.1) is 0 Å². The summed E-state index contributed by atoms with van der Waals surface area (Å²) in [6.07, 6.45) is 0. The number of nitrogen functional groups attached to an aromatic ring is 2. The average molecular weight is 280 g/mol. The van der Waals surface area contributed by atoms with Crippen molar-refractivity contribution in [1.82, 2.24) is 10.2 Å². The smallest absolute Gasteiger partial charge is 0.253 e. The van der Waals surface area contributed by atoms with Crippen LogP contribution in [0.25, 0.3) is 0 Å². The SMILES string of the molecule is Nc1ccc(C(=O)NCCN2CCSCC2)c(N)c1. The highest BCUT2D eigenvalue weighted by Gasteiger charge is 2.12. The van der Waals surface area contributed by atoms with Crippen LogP contribution in [0.3, 0.4) is 0 Å². The topological polar surface area (TPSA) is 84.4 Å². The molecule has 19 heavy (non-hydrogen) atoms. The molecule has 2 rings (SSSR count). The standard InChI is InChI=1S/C13H20N4OS/c14-10-1-2-11(12(15)9-10)13(18)16-3-4-17-5-7-19-8-6-17/h1-2,9H,3-8,14-15H2,(H,16,18). The summed E-state index contributed by atoms with van der Waals surface area (Å²) in [5, 5.41) is 2.90. The monoisotopic (exact) mass is 280 g/mol. The lowest BCUT2D eigenvalue weighted by molar-refractivity contribution is 0.0950. The predicted octanol–water partition coefficient (Wildman–Crippen LogP) is 0.630. The summed E-state index contributed by atoms with van der Waals surface area (Å²) in [5.41, 5.74) is 12.9. The Morgan fingerprint density at radius 1 is 1.32 bits per heavy atom. The van der Waals surface area contributed by atoms with E-state index in [1.54, 1.807) is 18.2 Å². The summed E-state index contributed by atoms with van der Waals surface area (Å²) in [6.45, 7) is 3.74. The number of nitrogens with zero attached hydrogens (tertiary/aromatic N) is 1. The number of carbonyl (C=O) groups excluding carboxylic acids is 1. The van der Waals surface area contributed by atoms with E-state index in [9.17, 15) is 4.79 Å². The minimum Gasteiger partial charge on any atom is -0.399 e. The Bertz CT molecular complexity index is 446. The van der Waals surface area contributed by atoms with Crippen LogP contribution < -0.4 is 16.8 Å². The van der Waals surface area contributed by atoms with E-state index in [0.717, 1.165) is 19.6 Å². The van der Waals surface area contributed by atoms with Crippen molar-refractivity contribution in [3.8, 4) is 0 Å². The lowest BCUT2D eigenvalue weighted by Crippen LogP contribution is -2.39. The molecule has 1 fully saturated rings. The first-order chi connectivity index (χ1) is 9.16. The predicted molar refractivity (Wildman–Crippen MR) is 81.4 cm³/mol. The van der Waals surface area contributed by atoms with Gasteiger partial charge >= 0.3 is 0 Å². The number of nitrogens with two attached hydrogens (primary N) is 2. The molecule has 0 bridgehead atoms. The number of hydrogen-bond donors (Lipinski definition) is 3. The van der Waals surface area contributed by atoms with Crippen LogP contribution in [0.2, 0.25) is 0 Å². The van der Waals surface area contributed by atoms with Crippen molar-refractivity contribution in [3.05, 3.63) is 23.8 Å². The van der Waals surface area contributed by atoms with Gasteiger partial charge in [0.05, 0.1) is 5.56 Å². The molecule has 104 valence electrons. The summed E-state index contributed by atoms with van der Waals surface area (Å²) in [6, 6.07) is 4.96. The fourth-order valence-electron chi connectivity index (χ4n) is 2.04. The van der Waals surface area contributed by atoms with E-state index < -0.39 is 0 Å². The lowest BCUT2D eigenvalue weighted by Gasteiger charge is -2.26. The highest BCUT2D eigenvalue weighted by molar-refractivity contribution is 7.99. The molecule has 0 unspecified atom stereocenters. The Kier molecular flexibility index (Phi) is 4.93. The first kappa shape index (κ1) is 14.0. The molecule has 1 saturated heterocycles. The molecular formula is C13H20N4OS. The Balaban J connectivity index is 1.80. The number of amides is 1. The molecular weight excluding hydrogens is 260 g/mol. The van der Waals surface area contributed by atoms with Crippen molar-refractivity contribution in [3.63, 3.8) is 0 Å². The Labute approximate surface area is 117 Å². The molecule has 0 radical (unpaired) electrons. The molecule has 1 aliphatic heterocycles. The Morgan fingerprint density at radius 3 is 2.74 bits per heavy atom. The van der Waals surface area contributed by atoms with E-state index in [2.05, 4.69) is 10.2 Å². The molecule has 1 aromatic carbocycles. The maximum Gasteiger partial charge on any atom is 0.253 e. The van der Waals surface area contributed by atoms with E-state index in [-0.39, 0.29) is 5.91 Å². The van der Waals surface area contributed by atoms with Crippen LogP contribution in [0.1, 0.15) is 10.4 Å². The van der Waals surface area contributed by atoms with Gasteiger partial charge in [-0.05, 0) is 18.2 Å². The second-order valence-electron chi connectivity index (χ2n) is 4.56. The van der Waals surface area contributed by atoms with E-state index in [1.165, 1.54) is 11.5 Å². The molecule has 5 N–H and O–H groups in total. The van der Waals surface area contributed by atoms with Crippen LogP contribution in [-0.4, -0.2) is 48.5 Å². The fourth-order valence-corrected chi connectivity index (χ4v) is 3.01. The maximum atomic E-state index is 12.0. The highest BCUT2D eigenvalue weighted by Crippen LogP contribution is 2.15. The van der Waals surface area contributed by atoms with Gasteiger partial charge in [-0.1, -0.05) is 0 Å². The first-order valence-corrected chi connectivity index (χ1v) is 7.55. The molecule has 1 amide bonds. The van der Waals surface area contributed by atoms with Crippen molar-refractivity contribution in [2.45, 2.75) is 0 Å². The number of thioether (sulfide) groups is 1. The fraction of sp³-hybridized carbons (Fsp3) is 0.462. The Hall–Kier alpha value is -1.40. The van der Waals surface area contributed by atoms with Gasteiger partial charge in [0.25, 0.3) is 5.91 Å². The van der Waals surface area contributed by atoms with Crippen molar-refractivity contribution in [2.75, 3.05) is 49.2 Å². The number of rotatable bonds is 4. The van der Waals surface area contributed by atoms with Gasteiger partial charge < -0.3 is 16.8 Å². The van der Waals surface area contributed by atoms with E-state index in [1.807, 2.05) is 11.8 Å². The van der Waals surface area contributed by atoms with Crippen molar-refractivity contribution in [2.24, 2.45) is 0 Å². The van der Waals surface area contributed by atoms with Crippen molar-refractivity contribution >= 4 is 29.0 Å². The van der Waals surface area contributed by atoms with Crippen molar-refractivity contribution < 1.29 is 4.79 Å². The van der Waals surface area contributed by atoms with Crippen molar-refractivity contribution in [1.29, 1.82) is 0 Å². The van der Waals surface area contributed by atoms with Gasteiger partial charge in [-0.25, -0.2) is 0 Å². The third-order valence-corrected chi connectivity index (χ3v) is 4.08. The normalized spacial score (nSPS) is 16.2. The molecule has 1 aromatic rings. The van der Waals surface area contributed by atoms with Gasteiger partial charge in [0.15, 0.2) is 0 Å². The minimum absolute atomic E-state index is 0.135. The average Bonchev–Trinajstić information content (AvgIpc) is 2.39. The lowest BCUT2D eigenvalue weighted by atomic mass is 10.1. The summed E-state index contributed by atoms with van der Waals surface area (Å²) in [4.78, 5) is 14.3. The molecule has 6 heteroatoms. The molecule has 0 saturated carbocycles. The van der Waals surface area contributed by atoms with Crippen LogP contribution in [0.15, 0.2) is 18.2 Å². The number of carbonyl (C=O) groups is 1. The summed E-state index contributed by atoms with van der Waals surface area (Å²) < 4.78 is 0. The number of benzene rings is 1. The molecule has 0 atom stereocenters. The van der Waals surface area contributed by atoms with Crippen LogP contribution in [0, 0.1) is 0 Å². The summed E-state index contributed by atoms with van der Waals surface area (Å²) >= 11 is 1.98. The van der Waals surface area contributed by atoms with Crippen LogP contribution >= 0.6 is 11.8 Å². The minimum atomic E-state index is -0.135. The highest BCUT2D eigenvalue weighted by atomic mass is 32.2. The van der Waals surface area contributed by atoms with Gasteiger partial charge in [0, 0.05) is 49.1 Å². The zero-order valence-electron chi connectivity index (χ0n) is 10.9. The molecule has 0 aromatic heterocycles.